The monoisotopic (exact) mass is 174 g/mol. The van der Waals surface area contributed by atoms with Gasteiger partial charge in [-0.2, -0.15) is 0 Å². The Bertz CT molecular complexity index is 179. The molecule has 2 N–H and O–H groups in total. The molecule has 0 radical (unpaired) electrons. The molecule has 72 valence electrons. The van der Waals surface area contributed by atoms with E-state index in [2.05, 4.69) is 0 Å². The first kappa shape index (κ1) is 11.4. The molecular weight excluding hydrogens is 156 g/mol. The fourth-order valence-corrected chi connectivity index (χ4v) is 1.22. The smallest absolute Gasteiger partial charge is 0.312 e. The Morgan fingerprint density at radius 1 is 1.25 bits per heavy atom. The third-order valence-corrected chi connectivity index (χ3v) is 2.87. The Labute approximate surface area is 73.4 Å². The second-order valence-corrected chi connectivity index (χ2v) is 4.22. The van der Waals surface area contributed by atoms with Crippen LogP contribution >= 0.6 is 0 Å². The summed E-state index contributed by atoms with van der Waals surface area (Å²) in [5.74, 6) is -1.06. The van der Waals surface area contributed by atoms with Crippen LogP contribution < -0.4 is 0 Å². The van der Waals surface area contributed by atoms with Crippen molar-refractivity contribution in [2.45, 2.75) is 40.2 Å². The summed E-state index contributed by atoms with van der Waals surface area (Å²) in [6.07, 6.45) is 0. The summed E-state index contributed by atoms with van der Waals surface area (Å²) in [5, 5.41) is 18.7. The molecule has 3 nitrogen and oxygen atoms in total. The Kier molecular flexibility index (Phi) is 2.91. The van der Waals surface area contributed by atoms with Crippen molar-refractivity contribution in [3.05, 3.63) is 0 Å². The van der Waals surface area contributed by atoms with Crippen molar-refractivity contribution in [3.8, 4) is 0 Å². The Morgan fingerprint density at radius 3 is 1.58 bits per heavy atom. The van der Waals surface area contributed by atoms with Gasteiger partial charge < -0.3 is 10.2 Å². The second-order valence-electron chi connectivity index (χ2n) is 4.22. The first-order valence-electron chi connectivity index (χ1n) is 4.09. The molecule has 12 heavy (non-hydrogen) atoms. The quantitative estimate of drug-likeness (QED) is 0.681. The summed E-state index contributed by atoms with van der Waals surface area (Å²) in [7, 11) is 0. The number of hydrogen-bond acceptors (Lipinski definition) is 2. The lowest BCUT2D eigenvalue weighted by molar-refractivity contribution is -0.169. The highest BCUT2D eigenvalue weighted by Crippen LogP contribution is 2.38. The Balaban J connectivity index is 5.02. The first-order valence-corrected chi connectivity index (χ1v) is 4.09. The zero-order chi connectivity index (χ0) is 10.2. The zero-order valence-electron chi connectivity index (χ0n) is 8.38. The lowest BCUT2D eigenvalue weighted by Crippen LogP contribution is -2.50. The fraction of sp³-hybridized carbons (Fsp3) is 0.889. The summed E-state index contributed by atoms with van der Waals surface area (Å²) < 4.78 is 0. The van der Waals surface area contributed by atoms with Gasteiger partial charge in [0, 0.05) is 0 Å². The van der Waals surface area contributed by atoms with Crippen molar-refractivity contribution in [1.82, 2.24) is 0 Å². The van der Waals surface area contributed by atoms with E-state index in [9.17, 15) is 9.90 Å². The molecule has 0 aromatic rings. The molecule has 3 heteroatoms. The summed E-state index contributed by atoms with van der Waals surface area (Å²) in [6, 6.07) is 0. The van der Waals surface area contributed by atoms with Gasteiger partial charge in [0.1, 0.15) is 0 Å². The van der Waals surface area contributed by atoms with Crippen LogP contribution in [0, 0.1) is 11.3 Å². The van der Waals surface area contributed by atoms with Crippen molar-refractivity contribution in [2.75, 3.05) is 0 Å². The maximum Gasteiger partial charge on any atom is 0.312 e. The van der Waals surface area contributed by atoms with E-state index in [1.54, 1.807) is 20.8 Å². The maximum atomic E-state index is 10.9. The molecule has 0 amide bonds. The standard InChI is InChI=1S/C9H18O3/c1-6(2)9(5,7(10)11)8(3,4)12/h6,12H,1-5H3,(H,10,11). The molecule has 0 aliphatic carbocycles. The predicted molar refractivity (Wildman–Crippen MR) is 46.9 cm³/mol. The van der Waals surface area contributed by atoms with E-state index < -0.39 is 17.0 Å². The van der Waals surface area contributed by atoms with Crippen molar-refractivity contribution in [3.63, 3.8) is 0 Å². The van der Waals surface area contributed by atoms with Gasteiger partial charge in [0.2, 0.25) is 0 Å². The van der Waals surface area contributed by atoms with Gasteiger partial charge in [-0.1, -0.05) is 13.8 Å². The number of carboxylic acid groups (broad SMARTS) is 1. The van der Waals surface area contributed by atoms with Gasteiger partial charge in [-0.25, -0.2) is 0 Å². The Hall–Kier alpha value is -0.570. The molecule has 0 aliphatic rings. The molecule has 0 aliphatic heterocycles. The molecule has 1 unspecified atom stereocenters. The minimum absolute atomic E-state index is 0.102. The number of hydrogen-bond donors (Lipinski definition) is 2. The first-order chi connectivity index (χ1) is 5.14. The minimum Gasteiger partial charge on any atom is -0.481 e. The molecule has 0 spiro atoms. The molecule has 1 atom stereocenters. The van der Waals surface area contributed by atoms with Crippen LogP contribution in [-0.2, 0) is 4.79 Å². The predicted octanol–water partition coefficient (Wildman–Crippen LogP) is 1.50. The number of carboxylic acids is 1. The van der Waals surface area contributed by atoms with Gasteiger partial charge >= 0.3 is 5.97 Å². The molecule has 0 fully saturated rings. The van der Waals surface area contributed by atoms with Crippen molar-refractivity contribution in [2.24, 2.45) is 11.3 Å². The maximum absolute atomic E-state index is 10.9. The highest BCUT2D eigenvalue weighted by atomic mass is 16.4. The van der Waals surface area contributed by atoms with E-state index in [0.29, 0.717) is 0 Å². The fourth-order valence-electron chi connectivity index (χ4n) is 1.22. The molecular formula is C9H18O3. The van der Waals surface area contributed by atoms with Crippen LogP contribution in [0.15, 0.2) is 0 Å². The number of carbonyl (C=O) groups is 1. The molecule has 0 heterocycles. The second kappa shape index (κ2) is 3.05. The summed E-state index contributed by atoms with van der Waals surface area (Å²) in [6.45, 7) is 8.22. The van der Waals surface area contributed by atoms with Crippen LogP contribution in [0.5, 0.6) is 0 Å². The highest BCUT2D eigenvalue weighted by Gasteiger charge is 2.48. The summed E-state index contributed by atoms with van der Waals surface area (Å²) >= 11 is 0. The molecule has 0 aromatic heterocycles. The normalized spacial score (nSPS) is 17.6. The average molecular weight is 174 g/mol. The van der Waals surface area contributed by atoms with Crippen LogP contribution in [0.25, 0.3) is 0 Å². The average Bonchev–Trinajstić information content (AvgIpc) is 1.82. The van der Waals surface area contributed by atoms with E-state index in [-0.39, 0.29) is 5.92 Å². The van der Waals surface area contributed by atoms with Gasteiger partial charge in [-0.3, -0.25) is 4.79 Å². The highest BCUT2D eigenvalue weighted by molar-refractivity contribution is 5.76. The van der Waals surface area contributed by atoms with Gasteiger partial charge in [0.15, 0.2) is 0 Å². The van der Waals surface area contributed by atoms with E-state index in [1.807, 2.05) is 0 Å². The van der Waals surface area contributed by atoms with Crippen molar-refractivity contribution < 1.29 is 15.0 Å². The van der Waals surface area contributed by atoms with Crippen LogP contribution in [0.1, 0.15) is 34.6 Å². The van der Waals surface area contributed by atoms with E-state index in [1.165, 1.54) is 13.8 Å². The van der Waals surface area contributed by atoms with Crippen LogP contribution in [0.2, 0.25) is 0 Å². The summed E-state index contributed by atoms with van der Waals surface area (Å²) in [5.41, 5.74) is -2.29. The Morgan fingerprint density at radius 2 is 1.58 bits per heavy atom. The third kappa shape index (κ3) is 1.61. The number of aliphatic carboxylic acids is 1. The summed E-state index contributed by atoms with van der Waals surface area (Å²) in [4.78, 5) is 10.9. The van der Waals surface area contributed by atoms with E-state index >= 15 is 0 Å². The van der Waals surface area contributed by atoms with Gasteiger partial charge in [0.05, 0.1) is 11.0 Å². The topological polar surface area (TPSA) is 57.5 Å². The SMILES string of the molecule is CC(C)C(C)(C(=O)O)C(C)(C)O. The van der Waals surface area contributed by atoms with E-state index in [4.69, 9.17) is 5.11 Å². The van der Waals surface area contributed by atoms with E-state index in [0.717, 1.165) is 0 Å². The third-order valence-electron chi connectivity index (χ3n) is 2.87. The lowest BCUT2D eigenvalue weighted by Gasteiger charge is -2.39. The number of rotatable bonds is 3. The number of aliphatic hydroxyl groups is 1. The molecule has 0 saturated heterocycles. The lowest BCUT2D eigenvalue weighted by atomic mass is 9.68. The largest absolute Gasteiger partial charge is 0.481 e. The van der Waals surface area contributed by atoms with Gasteiger partial charge in [-0.05, 0) is 26.7 Å². The van der Waals surface area contributed by atoms with Crippen LogP contribution in [0.3, 0.4) is 0 Å². The molecule has 0 bridgehead atoms. The minimum atomic E-state index is -1.20. The molecule has 0 aromatic carbocycles. The zero-order valence-corrected chi connectivity index (χ0v) is 8.38. The molecule has 0 rings (SSSR count). The van der Waals surface area contributed by atoms with Crippen molar-refractivity contribution >= 4 is 5.97 Å². The van der Waals surface area contributed by atoms with Gasteiger partial charge in [-0.15, -0.1) is 0 Å². The van der Waals surface area contributed by atoms with Gasteiger partial charge in [0.25, 0.3) is 0 Å². The van der Waals surface area contributed by atoms with Crippen molar-refractivity contribution in [1.29, 1.82) is 0 Å². The molecule has 0 saturated carbocycles. The van der Waals surface area contributed by atoms with Crippen LogP contribution in [0.4, 0.5) is 0 Å². The van der Waals surface area contributed by atoms with Crippen LogP contribution in [-0.4, -0.2) is 21.8 Å².